The van der Waals surface area contributed by atoms with Gasteiger partial charge < -0.3 is 19.7 Å². The molecule has 0 atom stereocenters. The number of hydrogen-bond donors (Lipinski definition) is 1. The third-order valence-electron chi connectivity index (χ3n) is 3.65. The number of carbonyl (C=O) groups excluding carboxylic acids is 2. The van der Waals surface area contributed by atoms with Crippen LogP contribution in [0.25, 0.3) is 0 Å². The monoisotopic (exact) mass is 320 g/mol. The van der Waals surface area contributed by atoms with Gasteiger partial charge in [-0.25, -0.2) is 4.79 Å². The number of amides is 1. The number of hydrogen-bond acceptors (Lipinski definition) is 5. The summed E-state index contributed by atoms with van der Waals surface area (Å²) in [5.74, 6) is -0.312. The quantitative estimate of drug-likeness (QED) is 0.843. The predicted molar refractivity (Wildman–Crippen MR) is 88.9 cm³/mol. The molecule has 1 amide bonds. The van der Waals surface area contributed by atoms with Gasteiger partial charge >= 0.3 is 5.97 Å². The van der Waals surface area contributed by atoms with Crippen LogP contribution in [0.1, 0.15) is 30.6 Å². The highest BCUT2D eigenvalue weighted by atomic mass is 16.5. The van der Waals surface area contributed by atoms with Crippen LogP contribution in [0.5, 0.6) is 0 Å². The molecule has 6 heteroatoms. The third-order valence-corrected chi connectivity index (χ3v) is 3.65. The molecule has 6 nitrogen and oxygen atoms in total. The number of rotatable bonds is 5. The number of nitrogens with zero attached hydrogens (tertiary/aromatic N) is 1. The average Bonchev–Trinajstić information content (AvgIpc) is 2.54. The van der Waals surface area contributed by atoms with E-state index in [1.54, 1.807) is 12.1 Å². The number of nitrogens with one attached hydrogen (secondary N) is 1. The molecule has 1 aromatic carbocycles. The number of ether oxygens (including phenoxy) is 2. The van der Waals surface area contributed by atoms with Gasteiger partial charge in [0.25, 0.3) is 0 Å². The summed E-state index contributed by atoms with van der Waals surface area (Å²) in [5, 5.41) is 2.80. The van der Waals surface area contributed by atoms with E-state index in [1.165, 1.54) is 7.11 Å². The summed E-state index contributed by atoms with van der Waals surface area (Å²) in [7, 11) is 1.34. The van der Waals surface area contributed by atoms with Crippen LogP contribution >= 0.6 is 0 Å². The van der Waals surface area contributed by atoms with Gasteiger partial charge in [-0.2, -0.15) is 0 Å². The van der Waals surface area contributed by atoms with Crippen LogP contribution in [0.15, 0.2) is 18.2 Å². The number of carbonyl (C=O) groups is 2. The molecule has 1 fully saturated rings. The lowest BCUT2D eigenvalue weighted by Gasteiger charge is -2.29. The first-order valence-corrected chi connectivity index (χ1v) is 7.86. The summed E-state index contributed by atoms with van der Waals surface area (Å²) in [6.45, 7) is 6.84. The van der Waals surface area contributed by atoms with E-state index in [-0.39, 0.29) is 11.8 Å². The van der Waals surface area contributed by atoms with E-state index < -0.39 is 5.97 Å². The molecule has 1 heterocycles. The summed E-state index contributed by atoms with van der Waals surface area (Å²) < 4.78 is 10.2. The van der Waals surface area contributed by atoms with E-state index >= 15 is 0 Å². The summed E-state index contributed by atoms with van der Waals surface area (Å²) in [6, 6.07) is 5.43. The van der Waals surface area contributed by atoms with Crippen molar-refractivity contribution in [2.24, 2.45) is 5.92 Å². The van der Waals surface area contributed by atoms with Crippen LogP contribution in [0.3, 0.4) is 0 Å². The molecule has 1 aliphatic heterocycles. The van der Waals surface area contributed by atoms with Crippen LogP contribution in [-0.4, -0.2) is 45.3 Å². The van der Waals surface area contributed by atoms with Crippen LogP contribution < -0.4 is 10.2 Å². The molecule has 0 bridgehead atoms. The first-order valence-electron chi connectivity index (χ1n) is 7.86. The Balaban J connectivity index is 2.23. The van der Waals surface area contributed by atoms with Gasteiger partial charge in [0, 0.05) is 25.2 Å². The Morgan fingerprint density at radius 2 is 2.00 bits per heavy atom. The van der Waals surface area contributed by atoms with Gasteiger partial charge in [0.1, 0.15) is 0 Å². The normalized spacial score (nSPS) is 14.7. The molecule has 1 aromatic rings. The van der Waals surface area contributed by atoms with Crippen molar-refractivity contribution in [3.63, 3.8) is 0 Å². The van der Waals surface area contributed by atoms with Crippen molar-refractivity contribution in [3.05, 3.63) is 23.8 Å². The number of benzene rings is 1. The van der Waals surface area contributed by atoms with Gasteiger partial charge in [-0.3, -0.25) is 4.79 Å². The SMILES string of the molecule is COC(=O)c1cc(N2CCOCC2)ccc1NC(=O)CC(C)C. The Morgan fingerprint density at radius 3 is 2.61 bits per heavy atom. The number of anilines is 2. The van der Waals surface area contributed by atoms with Crippen molar-refractivity contribution < 1.29 is 19.1 Å². The van der Waals surface area contributed by atoms with Crippen molar-refractivity contribution in [2.75, 3.05) is 43.6 Å². The number of morpholine rings is 1. The highest BCUT2D eigenvalue weighted by Gasteiger charge is 2.18. The van der Waals surface area contributed by atoms with Gasteiger partial charge in [-0.1, -0.05) is 13.8 Å². The summed E-state index contributed by atoms with van der Waals surface area (Å²) in [6.07, 6.45) is 0.409. The minimum atomic E-state index is -0.458. The fourth-order valence-corrected chi connectivity index (χ4v) is 2.51. The number of methoxy groups -OCH3 is 1. The lowest BCUT2D eigenvalue weighted by molar-refractivity contribution is -0.116. The molecule has 0 aromatic heterocycles. The maximum absolute atomic E-state index is 12.1. The fraction of sp³-hybridized carbons (Fsp3) is 0.529. The zero-order chi connectivity index (χ0) is 16.8. The van der Waals surface area contributed by atoms with Crippen molar-refractivity contribution >= 4 is 23.3 Å². The molecule has 0 unspecified atom stereocenters. The standard InChI is InChI=1S/C17H24N2O4/c1-12(2)10-16(20)18-15-5-4-13(11-14(15)17(21)22-3)19-6-8-23-9-7-19/h4-5,11-12H,6-10H2,1-3H3,(H,18,20). The van der Waals surface area contributed by atoms with Crippen LogP contribution in [-0.2, 0) is 14.3 Å². The topological polar surface area (TPSA) is 67.9 Å². The highest BCUT2D eigenvalue weighted by molar-refractivity contribution is 6.02. The molecule has 126 valence electrons. The summed E-state index contributed by atoms with van der Waals surface area (Å²) in [4.78, 5) is 26.2. The molecule has 0 spiro atoms. The van der Waals surface area contributed by atoms with Gasteiger partial charge in [0.2, 0.25) is 5.91 Å². The molecular formula is C17H24N2O4. The molecule has 1 aliphatic rings. The molecular weight excluding hydrogens is 296 g/mol. The van der Waals surface area contributed by atoms with E-state index in [9.17, 15) is 9.59 Å². The first-order chi connectivity index (χ1) is 11.0. The minimum Gasteiger partial charge on any atom is -0.465 e. The molecule has 0 saturated carbocycles. The van der Waals surface area contributed by atoms with Crippen molar-refractivity contribution in [2.45, 2.75) is 20.3 Å². The van der Waals surface area contributed by atoms with E-state index in [4.69, 9.17) is 9.47 Å². The molecule has 2 rings (SSSR count). The third kappa shape index (κ3) is 4.69. The Morgan fingerprint density at radius 1 is 1.30 bits per heavy atom. The Kier molecular flexibility index (Phi) is 5.98. The van der Waals surface area contributed by atoms with E-state index in [0.717, 1.165) is 18.8 Å². The van der Waals surface area contributed by atoms with Gasteiger partial charge in [-0.15, -0.1) is 0 Å². The second-order valence-electron chi connectivity index (χ2n) is 5.97. The maximum atomic E-state index is 12.1. The highest BCUT2D eigenvalue weighted by Crippen LogP contribution is 2.25. The van der Waals surface area contributed by atoms with Gasteiger partial charge in [0.05, 0.1) is 31.6 Å². The van der Waals surface area contributed by atoms with Crippen LogP contribution in [0, 0.1) is 5.92 Å². The second-order valence-corrected chi connectivity index (χ2v) is 5.97. The average molecular weight is 320 g/mol. The zero-order valence-corrected chi connectivity index (χ0v) is 13.9. The summed E-state index contributed by atoms with van der Waals surface area (Å²) in [5.41, 5.74) is 1.78. The van der Waals surface area contributed by atoms with Crippen LogP contribution in [0.2, 0.25) is 0 Å². The largest absolute Gasteiger partial charge is 0.465 e. The minimum absolute atomic E-state index is 0.107. The van der Waals surface area contributed by atoms with E-state index in [1.807, 2.05) is 19.9 Å². The Bertz CT molecular complexity index is 566. The number of esters is 1. The summed E-state index contributed by atoms with van der Waals surface area (Å²) >= 11 is 0. The predicted octanol–water partition coefficient (Wildman–Crippen LogP) is 2.29. The van der Waals surface area contributed by atoms with Gasteiger partial charge in [0.15, 0.2) is 0 Å². The second kappa shape index (κ2) is 7.97. The van der Waals surface area contributed by atoms with E-state index in [0.29, 0.717) is 30.9 Å². The maximum Gasteiger partial charge on any atom is 0.340 e. The smallest absolute Gasteiger partial charge is 0.340 e. The van der Waals surface area contributed by atoms with Crippen molar-refractivity contribution in [1.29, 1.82) is 0 Å². The molecule has 0 radical (unpaired) electrons. The van der Waals surface area contributed by atoms with Crippen molar-refractivity contribution in [1.82, 2.24) is 0 Å². The zero-order valence-electron chi connectivity index (χ0n) is 13.9. The van der Waals surface area contributed by atoms with Gasteiger partial charge in [-0.05, 0) is 24.1 Å². The Labute approximate surface area is 136 Å². The molecule has 1 N–H and O–H groups in total. The Hall–Kier alpha value is -2.08. The first kappa shape index (κ1) is 17.3. The lowest BCUT2D eigenvalue weighted by Crippen LogP contribution is -2.36. The lowest BCUT2D eigenvalue weighted by atomic mass is 10.1. The molecule has 1 saturated heterocycles. The van der Waals surface area contributed by atoms with Crippen molar-refractivity contribution in [3.8, 4) is 0 Å². The van der Waals surface area contributed by atoms with E-state index in [2.05, 4.69) is 10.2 Å². The fourth-order valence-electron chi connectivity index (χ4n) is 2.51. The molecule has 23 heavy (non-hydrogen) atoms. The molecule has 0 aliphatic carbocycles. The van der Waals surface area contributed by atoms with Crippen LogP contribution in [0.4, 0.5) is 11.4 Å².